The first-order chi connectivity index (χ1) is 9.09. The van der Waals surface area contributed by atoms with Crippen LogP contribution >= 0.6 is 0 Å². The summed E-state index contributed by atoms with van der Waals surface area (Å²) in [6, 6.07) is 10.4. The number of ketones is 1. The molecule has 19 heavy (non-hydrogen) atoms. The van der Waals surface area contributed by atoms with Gasteiger partial charge in [0.05, 0.1) is 10.9 Å². The minimum absolute atomic E-state index is 0.101. The second-order valence-electron chi connectivity index (χ2n) is 4.51. The van der Waals surface area contributed by atoms with Gasteiger partial charge in [0, 0.05) is 22.2 Å². The summed E-state index contributed by atoms with van der Waals surface area (Å²) in [6.45, 7) is 1.47. The number of nitrogens with one attached hydrogen (secondary N) is 1. The molecule has 1 heterocycles. The number of benzene rings is 2. The molecular weight excluding hydrogens is 240 g/mol. The van der Waals surface area contributed by atoms with E-state index in [9.17, 15) is 9.59 Å². The normalized spacial score (nSPS) is 11.0. The van der Waals surface area contributed by atoms with Gasteiger partial charge in [-0.25, -0.2) is 0 Å². The van der Waals surface area contributed by atoms with E-state index in [4.69, 9.17) is 5.73 Å². The van der Waals surface area contributed by atoms with Crippen LogP contribution in [0, 0.1) is 0 Å². The van der Waals surface area contributed by atoms with Gasteiger partial charge in [-0.15, -0.1) is 0 Å². The number of carbonyl (C=O) groups is 1. The maximum Gasteiger partial charge on any atom is 0.199 e. The molecule has 0 aliphatic carbocycles. The highest BCUT2D eigenvalue weighted by molar-refractivity contribution is 6.10. The molecule has 0 spiro atoms. The summed E-state index contributed by atoms with van der Waals surface area (Å²) in [5, 5.41) is 0.953. The summed E-state index contributed by atoms with van der Waals surface area (Å²) < 4.78 is 0. The summed E-state index contributed by atoms with van der Waals surface area (Å²) in [4.78, 5) is 27.3. The predicted octanol–water partition coefficient (Wildman–Crippen LogP) is 2.47. The molecule has 0 fully saturated rings. The molecule has 0 amide bonds. The Morgan fingerprint density at radius 3 is 2.63 bits per heavy atom. The lowest BCUT2D eigenvalue weighted by Crippen LogP contribution is -2.09. The quantitative estimate of drug-likeness (QED) is 0.397. The van der Waals surface area contributed by atoms with Crippen LogP contribution in [0.3, 0.4) is 0 Å². The lowest BCUT2D eigenvalue weighted by molar-refractivity contribution is 0.101. The van der Waals surface area contributed by atoms with E-state index in [0.29, 0.717) is 33.1 Å². The molecule has 0 unspecified atom stereocenters. The number of fused-ring (bicyclic) bond motifs is 2. The Kier molecular flexibility index (Phi) is 2.38. The third-order valence-corrected chi connectivity index (χ3v) is 3.28. The summed E-state index contributed by atoms with van der Waals surface area (Å²) in [7, 11) is 0. The van der Waals surface area contributed by atoms with Crippen molar-refractivity contribution in [3.63, 3.8) is 0 Å². The van der Waals surface area contributed by atoms with Crippen LogP contribution in [0.4, 0.5) is 5.69 Å². The van der Waals surface area contributed by atoms with Gasteiger partial charge in [0.2, 0.25) is 0 Å². The Labute approximate surface area is 108 Å². The molecule has 1 aromatic heterocycles. The number of carbonyl (C=O) groups excluding carboxylic acids is 1. The lowest BCUT2D eigenvalue weighted by Gasteiger charge is -2.08. The maximum atomic E-state index is 12.5. The SMILES string of the molecule is CC(=O)c1ccc(N)c2c(=O)c3ccccc3[nH]c12. The molecule has 0 atom stereocenters. The summed E-state index contributed by atoms with van der Waals surface area (Å²) in [5.41, 5.74) is 7.81. The molecule has 4 heteroatoms. The monoisotopic (exact) mass is 252 g/mol. The van der Waals surface area contributed by atoms with E-state index in [1.807, 2.05) is 12.1 Å². The Morgan fingerprint density at radius 2 is 1.89 bits per heavy atom. The Bertz CT molecular complexity index is 878. The fourth-order valence-corrected chi connectivity index (χ4v) is 2.35. The van der Waals surface area contributed by atoms with Gasteiger partial charge in [0.25, 0.3) is 0 Å². The molecule has 0 aliphatic rings. The second-order valence-corrected chi connectivity index (χ2v) is 4.51. The molecule has 2 aromatic carbocycles. The molecule has 0 aliphatic heterocycles. The first-order valence-corrected chi connectivity index (χ1v) is 5.93. The number of Topliss-reactive ketones (excluding diaryl/α,β-unsaturated/α-hetero) is 1. The molecule has 4 nitrogen and oxygen atoms in total. The van der Waals surface area contributed by atoms with Gasteiger partial charge in [-0.2, -0.15) is 0 Å². The second kappa shape index (κ2) is 3.95. The molecule has 0 bridgehead atoms. The number of H-pyrrole nitrogens is 1. The zero-order valence-corrected chi connectivity index (χ0v) is 10.4. The summed E-state index contributed by atoms with van der Waals surface area (Å²) in [5.74, 6) is -0.101. The molecule has 3 aromatic rings. The van der Waals surface area contributed by atoms with E-state index < -0.39 is 0 Å². The largest absolute Gasteiger partial charge is 0.398 e. The highest BCUT2D eigenvalue weighted by Gasteiger charge is 2.13. The number of nitrogen functional groups attached to an aromatic ring is 1. The smallest absolute Gasteiger partial charge is 0.199 e. The fourth-order valence-electron chi connectivity index (χ4n) is 2.35. The van der Waals surface area contributed by atoms with Crippen molar-refractivity contribution >= 4 is 33.3 Å². The minimum atomic E-state index is -0.148. The van der Waals surface area contributed by atoms with Gasteiger partial charge in [-0.3, -0.25) is 9.59 Å². The Balaban J connectivity index is 2.64. The Morgan fingerprint density at radius 1 is 1.16 bits per heavy atom. The van der Waals surface area contributed by atoms with Crippen LogP contribution in [0.15, 0.2) is 41.2 Å². The highest BCUT2D eigenvalue weighted by atomic mass is 16.1. The summed E-state index contributed by atoms with van der Waals surface area (Å²) in [6.07, 6.45) is 0. The number of rotatable bonds is 1. The van der Waals surface area contributed by atoms with Crippen molar-refractivity contribution in [2.24, 2.45) is 0 Å². The van der Waals surface area contributed by atoms with Gasteiger partial charge >= 0.3 is 0 Å². The molecular formula is C15H12N2O2. The van der Waals surface area contributed by atoms with E-state index in [0.717, 1.165) is 0 Å². The zero-order chi connectivity index (χ0) is 13.6. The van der Waals surface area contributed by atoms with Crippen molar-refractivity contribution in [2.75, 3.05) is 5.73 Å². The van der Waals surface area contributed by atoms with Crippen LogP contribution < -0.4 is 11.2 Å². The van der Waals surface area contributed by atoms with Crippen molar-refractivity contribution in [3.8, 4) is 0 Å². The number of aromatic amines is 1. The van der Waals surface area contributed by atoms with E-state index in [2.05, 4.69) is 4.98 Å². The van der Waals surface area contributed by atoms with Crippen molar-refractivity contribution < 1.29 is 4.79 Å². The molecule has 0 saturated carbocycles. The fraction of sp³-hybridized carbons (Fsp3) is 0.0667. The van der Waals surface area contributed by atoms with Crippen molar-refractivity contribution in [3.05, 3.63) is 52.2 Å². The van der Waals surface area contributed by atoms with E-state index >= 15 is 0 Å². The van der Waals surface area contributed by atoms with Crippen LogP contribution in [0.1, 0.15) is 17.3 Å². The van der Waals surface area contributed by atoms with Gasteiger partial charge in [-0.05, 0) is 31.2 Å². The van der Waals surface area contributed by atoms with Crippen molar-refractivity contribution in [1.82, 2.24) is 4.98 Å². The van der Waals surface area contributed by atoms with Gasteiger partial charge in [0.15, 0.2) is 11.2 Å². The number of anilines is 1. The van der Waals surface area contributed by atoms with E-state index in [1.54, 1.807) is 24.3 Å². The van der Waals surface area contributed by atoms with E-state index in [-0.39, 0.29) is 11.2 Å². The highest BCUT2D eigenvalue weighted by Crippen LogP contribution is 2.23. The molecule has 94 valence electrons. The Hall–Kier alpha value is -2.62. The number of pyridine rings is 1. The number of hydrogen-bond donors (Lipinski definition) is 2. The third-order valence-electron chi connectivity index (χ3n) is 3.28. The topological polar surface area (TPSA) is 76.0 Å². The predicted molar refractivity (Wildman–Crippen MR) is 76.5 cm³/mol. The molecule has 0 saturated heterocycles. The van der Waals surface area contributed by atoms with Crippen molar-refractivity contribution in [2.45, 2.75) is 6.92 Å². The molecule has 3 N–H and O–H groups in total. The average Bonchev–Trinajstić information content (AvgIpc) is 2.38. The number of nitrogens with two attached hydrogens (primary N) is 1. The van der Waals surface area contributed by atoms with E-state index in [1.165, 1.54) is 6.92 Å². The first-order valence-electron chi connectivity index (χ1n) is 5.93. The van der Waals surface area contributed by atoms with Crippen LogP contribution in [-0.4, -0.2) is 10.8 Å². The van der Waals surface area contributed by atoms with Crippen LogP contribution in [-0.2, 0) is 0 Å². The summed E-state index contributed by atoms with van der Waals surface area (Å²) >= 11 is 0. The first kappa shape index (κ1) is 11.5. The van der Waals surface area contributed by atoms with Gasteiger partial charge in [0.1, 0.15) is 0 Å². The zero-order valence-electron chi connectivity index (χ0n) is 10.4. The third kappa shape index (κ3) is 1.61. The van der Waals surface area contributed by atoms with Crippen LogP contribution in [0.5, 0.6) is 0 Å². The maximum absolute atomic E-state index is 12.5. The van der Waals surface area contributed by atoms with Crippen molar-refractivity contribution in [1.29, 1.82) is 0 Å². The van der Waals surface area contributed by atoms with Gasteiger partial charge < -0.3 is 10.7 Å². The molecule has 0 radical (unpaired) electrons. The average molecular weight is 252 g/mol. The number of aromatic nitrogens is 1. The standard InChI is InChI=1S/C15H12N2O2/c1-8(18)9-6-7-11(16)13-14(9)17-12-5-3-2-4-10(12)15(13)19/h2-7H,16H2,1H3,(H,17,19). The van der Waals surface area contributed by atoms with Crippen LogP contribution in [0.25, 0.3) is 21.8 Å². The number of hydrogen-bond acceptors (Lipinski definition) is 3. The molecule has 3 rings (SSSR count). The lowest BCUT2D eigenvalue weighted by atomic mass is 10.0. The van der Waals surface area contributed by atoms with Crippen LogP contribution in [0.2, 0.25) is 0 Å². The number of para-hydroxylation sites is 1. The van der Waals surface area contributed by atoms with Gasteiger partial charge in [-0.1, -0.05) is 12.1 Å². The minimum Gasteiger partial charge on any atom is -0.398 e.